The van der Waals surface area contributed by atoms with Crippen molar-refractivity contribution in [2.24, 2.45) is 0 Å². The molecule has 0 saturated heterocycles. The van der Waals surface area contributed by atoms with Crippen molar-refractivity contribution in [2.45, 2.75) is 0 Å². The number of fused-ring (bicyclic) bond motifs is 18. The van der Waals surface area contributed by atoms with Gasteiger partial charge < -0.3 is 4.42 Å². The molecule has 0 aliphatic rings. The molecule has 0 aliphatic heterocycles. The second-order valence-corrected chi connectivity index (χ2v) is 15.5. The van der Waals surface area contributed by atoms with Crippen molar-refractivity contribution in [2.75, 3.05) is 0 Å². The van der Waals surface area contributed by atoms with E-state index < -0.39 is 0 Å². The molecule has 4 aromatic heterocycles. The Bertz CT molecular complexity index is 3760. The molecule has 0 fully saturated rings. The van der Waals surface area contributed by atoms with Crippen LogP contribution in [0.15, 0.2) is 168 Å². The lowest BCUT2D eigenvalue weighted by molar-refractivity contribution is 0.670. The van der Waals surface area contributed by atoms with Gasteiger partial charge in [0.1, 0.15) is 16.0 Å². The molecular formula is C50H27N3OS. The van der Waals surface area contributed by atoms with Crippen LogP contribution in [0.25, 0.3) is 124 Å². The monoisotopic (exact) mass is 717 g/mol. The zero-order valence-corrected chi connectivity index (χ0v) is 30.1. The predicted molar refractivity (Wildman–Crippen MR) is 232 cm³/mol. The lowest BCUT2D eigenvalue weighted by Crippen LogP contribution is -2.03. The van der Waals surface area contributed by atoms with Crippen molar-refractivity contribution in [3.05, 3.63) is 164 Å². The van der Waals surface area contributed by atoms with Gasteiger partial charge in [-0.25, -0.2) is 9.97 Å². The maximum absolute atomic E-state index is 6.66. The van der Waals surface area contributed by atoms with Gasteiger partial charge in [-0.15, -0.1) is 11.3 Å². The Morgan fingerprint density at radius 1 is 0.436 bits per heavy atom. The third-order valence-corrected chi connectivity index (χ3v) is 12.7. The molecule has 0 aliphatic carbocycles. The molecule has 13 rings (SSSR count). The van der Waals surface area contributed by atoms with Gasteiger partial charge in [-0.1, -0.05) is 140 Å². The summed E-state index contributed by atoms with van der Waals surface area (Å²) in [6, 6.07) is 58.7. The maximum Gasteiger partial charge on any atom is 0.236 e. The molecule has 4 heterocycles. The fourth-order valence-electron chi connectivity index (χ4n) is 9.31. The molecule has 0 saturated carbocycles. The van der Waals surface area contributed by atoms with Crippen LogP contribution >= 0.6 is 11.3 Å². The van der Waals surface area contributed by atoms with Crippen LogP contribution in [0.2, 0.25) is 0 Å². The standard InChI is InChI=1S/C50H27N3OS/c1-2-13-29-28(12-1)24-25-38-44-40(27-26-35-32-16-4-3-14-30(32)31-15-5-6-18-34(31)43(35)44)53(47(29)38)50-51-46(45-37-19-8-10-23-42(37)55-49(45)52-50)39-21-11-20-36-33-17-7-9-22-41(33)54-48(36)39/h1-27H. The fraction of sp³-hybridized carbons (Fsp3) is 0. The number of hydrogen-bond donors (Lipinski definition) is 0. The summed E-state index contributed by atoms with van der Waals surface area (Å²) in [6.07, 6.45) is 0. The first-order valence-electron chi connectivity index (χ1n) is 18.6. The Balaban J connectivity index is 1.24. The number of hydrogen-bond acceptors (Lipinski definition) is 4. The largest absolute Gasteiger partial charge is 0.455 e. The summed E-state index contributed by atoms with van der Waals surface area (Å²) in [7, 11) is 0. The molecule has 0 radical (unpaired) electrons. The van der Waals surface area contributed by atoms with Crippen LogP contribution in [-0.4, -0.2) is 14.5 Å². The zero-order chi connectivity index (χ0) is 35.8. The Labute approximate surface area is 317 Å². The van der Waals surface area contributed by atoms with Gasteiger partial charge in [0.05, 0.1) is 16.7 Å². The Morgan fingerprint density at radius 2 is 1.07 bits per heavy atom. The van der Waals surface area contributed by atoms with E-state index >= 15 is 0 Å². The number of aromatic nitrogens is 3. The van der Waals surface area contributed by atoms with Gasteiger partial charge in [0.25, 0.3) is 0 Å². The summed E-state index contributed by atoms with van der Waals surface area (Å²) < 4.78 is 10.2. The molecule has 0 atom stereocenters. The highest BCUT2D eigenvalue weighted by Gasteiger charge is 2.25. The normalized spacial score (nSPS) is 12.4. The summed E-state index contributed by atoms with van der Waals surface area (Å²) in [6.45, 7) is 0. The molecule has 0 amide bonds. The molecule has 13 aromatic rings. The van der Waals surface area contributed by atoms with E-state index in [1.54, 1.807) is 11.3 Å². The van der Waals surface area contributed by atoms with E-state index in [9.17, 15) is 0 Å². The van der Waals surface area contributed by atoms with Gasteiger partial charge in [-0.3, -0.25) is 4.57 Å². The number of benzene rings is 9. The molecule has 0 N–H and O–H groups in total. The van der Waals surface area contributed by atoms with Crippen LogP contribution in [-0.2, 0) is 0 Å². The topological polar surface area (TPSA) is 43.9 Å². The maximum atomic E-state index is 6.66. The summed E-state index contributed by atoms with van der Waals surface area (Å²) >= 11 is 1.72. The average molecular weight is 718 g/mol. The highest BCUT2D eigenvalue weighted by atomic mass is 32.1. The zero-order valence-electron chi connectivity index (χ0n) is 29.2. The van der Waals surface area contributed by atoms with Crippen LogP contribution < -0.4 is 0 Å². The van der Waals surface area contributed by atoms with Gasteiger partial charge in [0.2, 0.25) is 5.95 Å². The molecule has 9 aromatic carbocycles. The molecule has 4 nitrogen and oxygen atoms in total. The van der Waals surface area contributed by atoms with Crippen LogP contribution in [0, 0.1) is 0 Å². The average Bonchev–Trinajstić information content (AvgIpc) is 3.93. The van der Waals surface area contributed by atoms with Gasteiger partial charge >= 0.3 is 0 Å². The number of rotatable bonds is 2. The van der Waals surface area contributed by atoms with E-state index in [0.29, 0.717) is 5.95 Å². The second kappa shape index (κ2) is 10.8. The smallest absolute Gasteiger partial charge is 0.236 e. The van der Waals surface area contributed by atoms with Gasteiger partial charge in [0.15, 0.2) is 0 Å². The predicted octanol–water partition coefficient (Wildman–Crippen LogP) is 14.1. The lowest BCUT2D eigenvalue weighted by atomic mass is 9.91. The van der Waals surface area contributed by atoms with E-state index in [1.807, 2.05) is 12.1 Å². The fourth-order valence-corrected chi connectivity index (χ4v) is 10.4. The third kappa shape index (κ3) is 3.89. The van der Waals surface area contributed by atoms with Crippen LogP contribution in [0.4, 0.5) is 0 Å². The highest BCUT2D eigenvalue weighted by molar-refractivity contribution is 7.25. The van der Waals surface area contributed by atoms with E-state index in [0.717, 1.165) is 65.2 Å². The quantitative estimate of drug-likeness (QED) is 0.167. The SMILES string of the molecule is c1ccc2c(c1)ccc1c3c4c5ccccc5c5ccccc5c4ccc3n(-c3nc(-c4cccc5c4oc4ccccc45)c4c(n3)sc3ccccc34)c21. The van der Waals surface area contributed by atoms with Crippen molar-refractivity contribution >= 4 is 118 Å². The van der Waals surface area contributed by atoms with Crippen molar-refractivity contribution < 1.29 is 4.42 Å². The third-order valence-electron chi connectivity index (χ3n) is 11.6. The minimum absolute atomic E-state index is 0.642. The first-order chi connectivity index (χ1) is 27.3. The molecule has 0 spiro atoms. The summed E-state index contributed by atoms with van der Waals surface area (Å²) in [5, 5.41) is 16.6. The van der Waals surface area contributed by atoms with Crippen LogP contribution in [0.3, 0.4) is 0 Å². The first kappa shape index (κ1) is 29.4. The number of nitrogens with zero attached hydrogens (tertiary/aromatic N) is 3. The van der Waals surface area contributed by atoms with Crippen molar-refractivity contribution in [1.29, 1.82) is 0 Å². The summed E-state index contributed by atoms with van der Waals surface area (Å²) in [4.78, 5) is 12.1. The first-order valence-corrected chi connectivity index (χ1v) is 19.4. The summed E-state index contributed by atoms with van der Waals surface area (Å²) in [5.41, 5.74) is 5.71. The number of thiophene rings is 1. The van der Waals surface area contributed by atoms with Crippen LogP contribution in [0.5, 0.6) is 0 Å². The molecule has 0 bridgehead atoms. The Morgan fingerprint density at radius 3 is 1.91 bits per heavy atom. The van der Waals surface area contributed by atoms with Crippen molar-refractivity contribution in [1.82, 2.24) is 14.5 Å². The molecule has 254 valence electrons. The van der Waals surface area contributed by atoms with Gasteiger partial charge in [0, 0.05) is 53.4 Å². The molecule has 0 unspecified atom stereocenters. The van der Waals surface area contributed by atoms with E-state index in [-0.39, 0.29) is 0 Å². The van der Waals surface area contributed by atoms with Gasteiger partial charge in [-0.05, 0) is 56.6 Å². The number of para-hydroxylation sites is 2. The second-order valence-electron chi connectivity index (χ2n) is 14.4. The Kier molecular flexibility index (Phi) is 5.74. The van der Waals surface area contributed by atoms with E-state index in [1.165, 1.54) is 53.2 Å². The number of furan rings is 1. The lowest BCUT2D eigenvalue weighted by Gasteiger charge is -2.13. The Hall–Kier alpha value is -7.08. The van der Waals surface area contributed by atoms with E-state index in [4.69, 9.17) is 14.4 Å². The van der Waals surface area contributed by atoms with Crippen LogP contribution in [0.1, 0.15) is 0 Å². The molecule has 5 heteroatoms. The minimum Gasteiger partial charge on any atom is -0.455 e. The molecule has 55 heavy (non-hydrogen) atoms. The summed E-state index contributed by atoms with van der Waals surface area (Å²) in [5.74, 6) is 0.642. The highest BCUT2D eigenvalue weighted by Crippen LogP contribution is 2.47. The molecular weight excluding hydrogens is 691 g/mol. The van der Waals surface area contributed by atoms with Gasteiger partial charge in [-0.2, -0.15) is 0 Å². The van der Waals surface area contributed by atoms with Crippen molar-refractivity contribution in [3.8, 4) is 17.2 Å². The van der Waals surface area contributed by atoms with E-state index in [2.05, 4.69) is 156 Å². The van der Waals surface area contributed by atoms with Crippen molar-refractivity contribution in [3.63, 3.8) is 0 Å². The minimum atomic E-state index is 0.642.